The van der Waals surface area contributed by atoms with E-state index in [9.17, 15) is 0 Å². The minimum absolute atomic E-state index is 3.91. The molecule has 5 heteroatoms. The summed E-state index contributed by atoms with van der Waals surface area (Å²) < 4.78 is 8.99. The Balaban J connectivity index is 3.47. The molecule has 0 saturated heterocycles. The molecule has 0 aliphatic rings. The van der Waals surface area contributed by atoms with Gasteiger partial charge in [-0.3, -0.25) is 0 Å². The maximum atomic E-state index is 8.99. The number of rotatable bonds is 0. The van der Waals surface area contributed by atoms with Gasteiger partial charge in [0.15, 0.2) is 0 Å². The zero-order valence-electron chi connectivity index (χ0n) is 2.29. The van der Waals surface area contributed by atoms with Gasteiger partial charge in [0.05, 0.1) is 0 Å². The second-order valence-corrected chi connectivity index (χ2v) is 1.69. The third kappa shape index (κ3) is 1510. The summed E-state index contributed by atoms with van der Waals surface area (Å²) in [7, 11) is -4.39. The summed E-state index contributed by atoms with van der Waals surface area (Å²) >= 11 is 0. The third-order valence-corrected chi connectivity index (χ3v) is 0. The molecular formula is H3NO3P. The molecule has 0 saturated carbocycles. The topological polar surface area (TPSA) is 83.2 Å². The Bertz CT molecular complexity index is 53.0. The molecule has 4 nitrogen and oxygen atoms in total. The molecule has 3 N–H and O–H groups in total. The predicted octanol–water partition coefficient (Wildman–Crippen LogP) is -0.524. The summed E-state index contributed by atoms with van der Waals surface area (Å²) in [5.74, 6) is 0. The van der Waals surface area contributed by atoms with Crippen molar-refractivity contribution in [2.24, 2.45) is 5.50 Å². The maximum Gasteiger partial charge on any atom is 0.427 e. The van der Waals surface area contributed by atoms with Crippen molar-refractivity contribution in [1.82, 2.24) is 0 Å². The van der Waals surface area contributed by atoms with Crippen molar-refractivity contribution < 1.29 is 14.4 Å². The summed E-state index contributed by atoms with van der Waals surface area (Å²) in [6.45, 7) is 0. The van der Waals surface area contributed by atoms with Gasteiger partial charge in [-0.2, -0.15) is 0 Å². The van der Waals surface area contributed by atoms with Gasteiger partial charge in [0, 0.05) is 0 Å². The van der Waals surface area contributed by atoms with Crippen molar-refractivity contribution in [1.29, 1.82) is 0 Å². The van der Waals surface area contributed by atoms with Crippen LogP contribution in [-0.2, 0) is 9.46 Å². The highest BCUT2D eigenvalue weighted by Crippen LogP contribution is 2.21. The number of hydrogen-bond donors (Lipinski definition) is 2. The molecule has 0 aromatic carbocycles. The van der Waals surface area contributed by atoms with Crippen molar-refractivity contribution in [3.8, 4) is 0 Å². The number of hydrogen-bond acceptors (Lipinski definition) is 1. The summed E-state index contributed by atoms with van der Waals surface area (Å²) in [5, 5.41) is 0. The van der Waals surface area contributed by atoms with Gasteiger partial charge < -0.3 is 4.89 Å². The molecule has 0 fully saturated rings. The molecule has 0 bridgehead atoms. The lowest BCUT2D eigenvalue weighted by molar-refractivity contribution is 0.323. The van der Waals surface area contributed by atoms with Crippen LogP contribution in [0.5, 0.6) is 0 Å². The minimum atomic E-state index is -4.39. The highest BCUT2D eigenvalue weighted by Gasteiger charge is 2.00. The van der Waals surface area contributed by atoms with Gasteiger partial charge in [-0.15, -0.1) is 4.89 Å². The van der Waals surface area contributed by atoms with Crippen molar-refractivity contribution >= 4 is 7.75 Å². The van der Waals surface area contributed by atoms with Crippen LogP contribution < -0.4 is 5.50 Å². The lowest BCUT2D eigenvalue weighted by Crippen LogP contribution is -1.85. The Morgan fingerprint density at radius 3 is 1.80 bits per heavy atom. The maximum absolute atomic E-state index is 8.99. The van der Waals surface area contributed by atoms with Gasteiger partial charge in [-0.1, -0.05) is 0 Å². The van der Waals surface area contributed by atoms with Crippen molar-refractivity contribution in [2.75, 3.05) is 0 Å². The van der Waals surface area contributed by atoms with Crippen LogP contribution in [0.25, 0.3) is 0 Å². The molecule has 0 spiro atoms. The van der Waals surface area contributed by atoms with Crippen LogP contribution in [0, 0.1) is 0 Å². The Kier molecular flexibility index (Phi) is 1.09. The molecule has 1 radical (unpaired) electrons. The zero-order valence-corrected chi connectivity index (χ0v) is 3.18. The molecule has 0 aromatic heterocycles. The summed E-state index contributed by atoms with van der Waals surface area (Å²) in [4.78, 5) is 16.3. The third-order valence-electron chi connectivity index (χ3n) is 0. The van der Waals surface area contributed by atoms with E-state index in [1.807, 2.05) is 0 Å². The smallest absolute Gasteiger partial charge is 0.311 e. The molecule has 0 aromatic rings. The summed E-state index contributed by atoms with van der Waals surface area (Å²) in [6, 6.07) is 0. The molecule has 0 aliphatic carbocycles. The van der Waals surface area contributed by atoms with Gasteiger partial charge in [0.25, 0.3) is 0 Å². The van der Waals surface area contributed by atoms with E-state index >= 15 is 0 Å². The first-order chi connectivity index (χ1) is 2.00. The lowest BCUT2D eigenvalue weighted by Gasteiger charge is -1.80. The van der Waals surface area contributed by atoms with Crippen molar-refractivity contribution in [3.05, 3.63) is 0 Å². The largest absolute Gasteiger partial charge is 0.427 e. The standard InChI is InChI=1S/H3NO3P/c1-5(2,3)4/h(H3,1,2,3). The fourth-order valence-electron chi connectivity index (χ4n) is 0. The van der Waals surface area contributed by atoms with Crippen LogP contribution in [0.3, 0.4) is 0 Å². The quantitative estimate of drug-likeness (QED) is 0.398. The van der Waals surface area contributed by atoms with E-state index in [4.69, 9.17) is 14.4 Å². The first-order valence-electron chi connectivity index (χ1n) is 0.823. The van der Waals surface area contributed by atoms with Crippen molar-refractivity contribution in [2.45, 2.75) is 0 Å². The summed E-state index contributed by atoms with van der Waals surface area (Å²) in [5.41, 5.74) is 3.91. The normalized spacial score (nSPS) is 11.8. The van der Waals surface area contributed by atoms with Gasteiger partial charge in [-0.25, -0.2) is 10.1 Å². The molecule has 1 unspecified atom stereocenters. The van der Waals surface area contributed by atoms with Crippen molar-refractivity contribution in [3.63, 3.8) is 0 Å². The van der Waals surface area contributed by atoms with Crippen LogP contribution in [0.2, 0.25) is 0 Å². The summed E-state index contributed by atoms with van der Waals surface area (Å²) in [6.07, 6.45) is 0. The second-order valence-electron chi connectivity index (χ2n) is 0.564. The Morgan fingerprint density at radius 2 is 1.80 bits per heavy atom. The molecule has 0 aliphatic heterocycles. The highest BCUT2D eigenvalue weighted by molar-refractivity contribution is 7.48. The van der Waals surface area contributed by atoms with Gasteiger partial charge in [-0.05, 0) is 0 Å². The molecule has 5 heavy (non-hydrogen) atoms. The molecule has 0 heterocycles. The fraction of sp³-hybridized carbons (Fsp3) is 0. The fourth-order valence-corrected chi connectivity index (χ4v) is 0. The van der Waals surface area contributed by atoms with Gasteiger partial charge in [0.2, 0.25) is 0 Å². The molecule has 0 amide bonds. The van der Waals surface area contributed by atoms with E-state index < -0.39 is 7.75 Å². The van der Waals surface area contributed by atoms with E-state index in [-0.39, 0.29) is 0 Å². The van der Waals surface area contributed by atoms with Crippen LogP contribution in [-0.4, -0.2) is 4.89 Å². The van der Waals surface area contributed by atoms with E-state index in [2.05, 4.69) is 5.50 Å². The van der Waals surface area contributed by atoms with Crippen LogP contribution in [0.4, 0.5) is 0 Å². The van der Waals surface area contributed by atoms with E-state index in [0.717, 1.165) is 0 Å². The highest BCUT2D eigenvalue weighted by atomic mass is 31.2. The first-order valence-corrected chi connectivity index (χ1v) is 2.47. The number of nitrogens with two attached hydrogens (primary N) is 1. The minimum Gasteiger partial charge on any atom is -0.311 e. The van der Waals surface area contributed by atoms with Crippen LogP contribution >= 0.6 is 7.75 Å². The van der Waals surface area contributed by atoms with E-state index in [1.165, 1.54) is 0 Å². The predicted molar refractivity (Wildman–Crippen MR) is 14.7 cm³/mol. The first kappa shape index (κ1) is 5.11. The Hall–Kier alpha value is 0.110. The Labute approximate surface area is 28.8 Å². The average Bonchev–Trinajstić information content (AvgIpc) is 0.722. The lowest BCUT2D eigenvalue weighted by atomic mass is 13.9. The monoisotopic (exact) mass is 96.0 g/mol. The molecule has 0 rings (SSSR count). The Morgan fingerprint density at radius 1 is 1.80 bits per heavy atom. The zero-order chi connectivity index (χ0) is 4.50. The van der Waals surface area contributed by atoms with E-state index in [1.54, 1.807) is 0 Å². The SMILES string of the molecule is NP([O])(=O)O. The van der Waals surface area contributed by atoms with Gasteiger partial charge >= 0.3 is 7.75 Å². The molecule has 1 atom stereocenters. The average molecular weight is 96.0 g/mol. The second kappa shape index (κ2) is 1.06. The molecular weight excluding hydrogens is 93.0 g/mol. The van der Waals surface area contributed by atoms with Gasteiger partial charge in [0.1, 0.15) is 0 Å². The van der Waals surface area contributed by atoms with Crippen LogP contribution in [0.1, 0.15) is 0 Å². The molecule has 31 valence electrons. The van der Waals surface area contributed by atoms with Crippen LogP contribution in [0.15, 0.2) is 0 Å². The van der Waals surface area contributed by atoms with E-state index in [0.29, 0.717) is 0 Å².